The molecular weight excluding hydrogens is 374 g/mol. The molecule has 0 atom stereocenters. The Hall–Kier alpha value is -4.05. The maximum Gasteiger partial charge on any atom is 0.231 e. The van der Waals surface area contributed by atoms with E-state index in [1.54, 1.807) is 42.5 Å². The van der Waals surface area contributed by atoms with Gasteiger partial charge in [0.1, 0.15) is 17.2 Å². The first-order valence-electron chi connectivity index (χ1n) is 8.94. The average molecular weight is 389 g/mol. The van der Waals surface area contributed by atoms with Crippen molar-refractivity contribution in [2.24, 2.45) is 0 Å². The van der Waals surface area contributed by atoms with E-state index in [4.69, 9.17) is 28.4 Å². The molecule has 3 aromatic carbocycles. The lowest BCUT2D eigenvalue weighted by atomic mass is 10.1. The molecule has 3 aromatic rings. The van der Waals surface area contributed by atoms with E-state index in [-0.39, 0.29) is 20.0 Å². The number of nitriles is 1. The van der Waals surface area contributed by atoms with Gasteiger partial charge in [-0.3, -0.25) is 0 Å². The predicted octanol–water partition coefficient (Wildman–Crippen LogP) is 4.79. The standard InChI is InChI=1S/C22H15NO6/c23-10-9-15-16(28-14-7-8-18-21(11-14)26-12-24-18)3-1-4-17(15)29-20-6-2-5-19-22(20)27-13-25-19/h1-8,11H,9,12-13H2. The van der Waals surface area contributed by atoms with Crippen LogP contribution in [0.5, 0.6) is 46.0 Å². The molecule has 0 spiro atoms. The number of fused-ring (bicyclic) bond motifs is 2. The van der Waals surface area contributed by atoms with E-state index in [0.29, 0.717) is 51.6 Å². The normalized spacial score (nSPS) is 13.1. The van der Waals surface area contributed by atoms with E-state index in [1.165, 1.54) is 0 Å². The highest BCUT2D eigenvalue weighted by Crippen LogP contribution is 2.44. The summed E-state index contributed by atoms with van der Waals surface area (Å²) < 4.78 is 33.7. The van der Waals surface area contributed by atoms with Crippen LogP contribution in [0, 0.1) is 11.3 Å². The SMILES string of the molecule is N#CCc1c(Oc2ccc3c(c2)OCO3)cccc1Oc1cccc2c1OCO2. The van der Waals surface area contributed by atoms with Crippen LogP contribution in [0.15, 0.2) is 54.6 Å². The lowest BCUT2D eigenvalue weighted by molar-refractivity contribution is 0.171. The fourth-order valence-corrected chi connectivity index (χ4v) is 3.16. The molecule has 0 N–H and O–H groups in total. The molecule has 2 aliphatic heterocycles. The Labute approximate surface area is 166 Å². The molecule has 2 heterocycles. The molecule has 144 valence electrons. The lowest BCUT2D eigenvalue weighted by Gasteiger charge is -2.15. The van der Waals surface area contributed by atoms with Crippen LogP contribution >= 0.6 is 0 Å². The van der Waals surface area contributed by atoms with E-state index in [9.17, 15) is 5.26 Å². The van der Waals surface area contributed by atoms with Crippen molar-refractivity contribution < 1.29 is 28.4 Å². The Morgan fingerprint density at radius 1 is 0.759 bits per heavy atom. The van der Waals surface area contributed by atoms with Crippen molar-refractivity contribution >= 4 is 0 Å². The predicted molar refractivity (Wildman–Crippen MR) is 101 cm³/mol. The minimum Gasteiger partial charge on any atom is -0.457 e. The van der Waals surface area contributed by atoms with Crippen LogP contribution in [0.1, 0.15) is 5.56 Å². The van der Waals surface area contributed by atoms with Crippen molar-refractivity contribution in [3.63, 3.8) is 0 Å². The van der Waals surface area contributed by atoms with Crippen LogP contribution < -0.4 is 28.4 Å². The maximum absolute atomic E-state index is 9.34. The second-order valence-electron chi connectivity index (χ2n) is 6.28. The largest absolute Gasteiger partial charge is 0.457 e. The molecule has 0 amide bonds. The Kier molecular flexibility index (Phi) is 4.22. The minimum atomic E-state index is 0.114. The number of para-hydroxylation sites is 1. The van der Waals surface area contributed by atoms with Gasteiger partial charge in [0.05, 0.1) is 18.1 Å². The molecule has 0 bridgehead atoms. The van der Waals surface area contributed by atoms with Gasteiger partial charge in [0.25, 0.3) is 0 Å². The van der Waals surface area contributed by atoms with Crippen LogP contribution in [0.3, 0.4) is 0 Å². The van der Waals surface area contributed by atoms with Crippen molar-refractivity contribution in [2.45, 2.75) is 6.42 Å². The summed E-state index contributed by atoms with van der Waals surface area (Å²) in [4.78, 5) is 0. The fraction of sp³-hybridized carbons (Fsp3) is 0.136. The summed E-state index contributed by atoms with van der Waals surface area (Å²) in [5.74, 6) is 4.57. The highest BCUT2D eigenvalue weighted by Gasteiger charge is 2.21. The fourth-order valence-electron chi connectivity index (χ4n) is 3.16. The average Bonchev–Trinajstić information content (AvgIpc) is 3.39. The van der Waals surface area contributed by atoms with Crippen molar-refractivity contribution in [3.05, 3.63) is 60.2 Å². The molecule has 0 aliphatic carbocycles. The van der Waals surface area contributed by atoms with E-state index in [2.05, 4.69) is 6.07 Å². The van der Waals surface area contributed by atoms with Gasteiger partial charge in [-0.15, -0.1) is 0 Å². The van der Waals surface area contributed by atoms with Gasteiger partial charge in [-0.1, -0.05) is 12.1 Å². The maximum atomic E-state index is 9.34. The summed E-state index contributed by atoms with van der Waals surface area (Å²) in [7, 11) is 0. The summed E-state index contributed by atoms with van der Waals surface area (Å²) in [5.41, 5.74) is 0.629. The number of nitrogens with zero attached hydrogens (tertiary/aromatic N) is 1. The van der Waals surface area contributed by atoms with E-state index in [1.807, 2.05) is 12.1 Å². The van der Waals surface area contributed by atoms with Gasteiger partial charge in [0, 0.05) is 6.07 Å². The Morgan fingerprint density at radius 3 is 2.38 bits per heavy atom. The van der Waals surface area contributed by atoms with Gasteiger partial charge < -0.3 is 28.4 Å². The molecule has 5 rings (SSSR count). The molecule has 2 aliphatic rings. The Bertz CT molecular complexity index is 1120. The van der Waals surface area contributed by atoms with Crippen LogP contribution in [-0.2, 0) is 6.42 Å². The van der Waals surface area contributed by atoms with E-state index < -0.39 is 0 Å². The zero-order chi connectivity index (χ0) is 19.6. The second-order valence-corrected chi connectivity index (χ2v) is 6.28. The van der Waals surface area contributed by atoms with Gasteiger partial charge in [-0.2, -0.15) is 5.26 Å². The zero-order valence-corrected chi connectivity index (χ0v) is 15.2. The van der Waals surface area contributed by atoms with Crippen molar-refractivity contribution in [1.82, 2.24) is 0 Å². The lowest BCUT2D eigenvalue weighted by Crippen LogP contribution is -1.97. The van der Waals surface area contributed by atoms with Crippen LogP contribution in [0.2, 0.25) is 0 Å². The Balaban J connectivity index is 1.48. The number of ether oxygens (including phenoxy) is 6. The van der Waals surface area contributed by atoms with Gasteiger partial charge >= 0.3 is 0 Å². The molecule has 0 saturated heterocycles. The molecule has 0 saturated carbocycles. The third-order valence-corrected chi connectivity index (χ3v) is 4.50. The first-order valence-corrected chi connectivity index (χ1v) is 8.94. The first-order chi connectivity index (χ1) is 14.3. The molecular formula is C22H15NO6. The summed E-state index contributed by atoms with van der Waals surface area (Å²) in [6, 6.07) is 18.3. The van der Waals surface area contributed by atoms with Gasteiger partial charge in [-0.05, 0) is 36.4 Å². The molecule has 0 unspecified atom stereocenters. The highest BCUT2D eigenvalue weighted by molar-refractivity contribution is 5.56. The minimum absolute atomic E-state index is 0.114. The molecule has 7 heteroatoms. The number of rotatable bonds is 5. The van der Waals surface area contributed by atoms with Gasteiger partial charge in [0.2, 0.25) is 19.3 Å². The van der Waals surface area contributed by atoms with Crippen molar-refractivity contribution in [3.8, 4) is 52.1 Å². The third-order valence-electron chi connectivity index (χ3n) is 4.50. The molecule has 0 aromatic heterocycles. The van der Waals surface area contributed by atoms with Crippen molar-refractivity contribution in [2.75, 3.05) is 13.6 Å². The van der Waals surface area contributed by atoms with E-state index in [0.717, 1.165) is 0 Å². The number of benzene rings is 3. The molecule has 7 nitrogen and oxygen atoms in total. The Morgan fingerprint density at radius 2 is 1.48 bits per heavy atom. The molecule has 0 fully saturated rings. The summed E-state index contributed by atoms with van der Waals surface area (Å²) in [5, 5.41) is 9.34. The molecule has 0 radical (unpaired) electrons. The van der Waals surface area contributed by atoms with Gasteiger partial charge in [0.15, 0.2) is 23.0 Å². The monoisotopic (exact) mass is 389 g/mol. The van der Waals surface area contributed by atoms with Crippen molar-refractivity contribution in [1.29, 1.82) is 5.26 Å². The number of hydrogen-bond acceptors (Lipinski definition) is 7. The topological polar surface area (TPSA) is 79.2 Å². The van der Waals surface area contributed by atoms with Crippen LogP contribution in [0.25, 0.3) is 0 Å². The van der Waals surface area contributed by atoms with Crippen LogP contribution in [-0.4, -0.2) is 13.6 Å². The molecule has 29 heavy (non-hydrogen) atoms. The summed E-state index contributed by atoms with van der Waals surface area (Å²) >= 11 is 0. The smallest absolute Gasteiger partial charge is 0.231 e. The third kappa shape index (κ3) is 3.21. The zero-order valence-electron chi connectivity index (χ0n) is 15.2. The second kappa shape index (κ2) is 7.17. The quantitative estimate of drug-likeness (QED) is 0.620. The highest BCUT2D eigenvalue weighted by atomic mass is 16.7. The van der Waals surface area contributed by atoms with Gasteiger partial charge in [-0.25, -0.2) is 0 Å². The van der Waals surface area contributed by atoms with Crippen LogP contribution in [0.4, 0.5) is 0 Å². The summed E-state index contributed by atoms with van der Waals surface area (Å²) in [6.07, 6.45) is 0.114. The van der Waals surface area contributed by atoms with E-state index >= 15 is 0 Å². The summed E-state index contributed by atoms with van der Waals surface area (Å²) in [6.45, 7) is 0.336. The number of hydrogen-bond donors (Lipinski definition) is 0. The first kappa shape index (κ1) is 17.1.